The van der Waals surface area contributed by atoms with E-state index in [9.17, 15) is 17.6 Å². The van der Waals surface area contributed by atoms with Gasteiger partial charge in [-0.25, -0.2) is 12.8 Å². The van der Waals surface area contributed by atoms with Crippen molar-refractivity contribution in [1.29, 1.82) is 0 Å². The highest BCUT2D eigenvalue weighted by molar-refractivity contribution is 14.1. The van der Waals surface area contributed by atoms with Crippen LogP contribution in [0.25, 0.3) is 0 Å². The number of amides is 1. The summed E-state index contributed by atoms with van der Waals surface area (Å²) in [5.74, 6) is -0.975. The first-order valence-corrected chi connectivity index (χ1v) is 12.1. The number of hydrogen-bond acceptors (Lipinski definition) is 3. The standard InChI is InChI=1S/C20H21ClFIN2O3S/c1-13-3-2-9-25(10-8-13)29(27,28)19-11-14(4-6-17(19)22)20(26)24-15-5-7-18(23)16(21)12-15/h4-7,11-13H,2-3,8-10H2,1H3,(H,24,26)/t13-/m1/s1. The van der Waals surface area contributed by atoms with Crippen LogP contribution >= 0.6 is 34.2 Å². The number of carbonyl (C=O) groups is 1. The van der Waals surface area contributed by atoms with Gasteiger partial charge in [0.25, 0.3) is 5.91 Å². The summed E-state index contributed by atoms with van der Waals surface area (Å²) in [4.78, 5) is 12.1. The second kappa shape index (κ2) is 9.28. The minimum atomic E-state index is -4.02. The lowest BCUT2D eigenvalue weighted by Gasteiger charge is -2.20. The third kappa shape index (κ3) is 5.28. The molecule has 1 N–H and O–H groups in total. The van der Waals surface area contributed by atoms with Gasteiger partial charge in [-0.3, -0.25) is 4.79 Å². The van der Waals surface area contributed by atoms with Crippen LogP contribution in [0.1, 0.15) is 36.5 Å². The summed E-state index contributed by atoms with van der Waals surface area (Å²) in [6.07, 6.45) is 2.40. The molecule has 0 spiro atoms. The molecule has 156 valence electrons. The van der Waals surface area contributed by atoms with Crippen LogP contribution < -0.4 is 5.32 Å². The zero-order valence-corrected chi connectivity index (χ0v) is 19.5. The van der Waals surface area contributed by atoms with Gasteiger partial charge in [0.2, 0.25) is 10.0 Å². The fourth-order valence-electron chi connectivity index (χ4n) is 3.24. The molecule has 5 nitrogen and oxygen atoms in total. The highest BCUT2D eigenvalue weighted by atomic mass is 127. The quantitative estimate of drug-likeness (QED) is 0.536. The van der Waals surface area contributed by atoms with Crippen LogP contribution in [0.15, 0.2) is 41.3 Å². The number of hydrogen-bond donors (Lipinski definition) is 1. The highest BCUT2D eigenvalue weighted by Gasteiger charge is 2.30. The van der Waals surface area contributed by atoms with Gasteiger partial charge in [-0.05, 0) is 84.2 Å². The van der Waals surface area contributed by atoms with Crippen molar-refractivity contribution in [1.82, 2.24) is 4.31 Å². The Labute approximate surface area is 188 Å². The molecule has 3 rings (SSSR count). The van der Waals surface area contributed by atoms with Gasteiger partial charge in [0.05, 0.1) is 5.02 Å². The molecule has 1 fully saturated rings. The van der Waals surface area contributed by atoms with Crippen LogP contribution in [0.5, 0.6) is 0 Å². The fraction of sp³-hybridized carbons (Fsp3) is 0.350. The van der Waals surface area contributed by atoms with E-state index >= 15 is 0 Å². The van der Waals surface area contributed by atoms with Gasteiger partial charge in [-0.2, -0.15) is 4.31 Å². The summed E-state index contributed by atoms with van der Waals surface area (Å²) in [5.41, 5.74) is 0.526. The number of sulfonamides is 1. The van der Waals surface area contributed by atoms with E-state index in [1.807, 2.05) is 0 Å². The number of rotatable bonds is 4. The molecule has 1 amide bonds. The van der Waals surface area contributed by atoms with E-state index in [1.54, 1.807) is 18.2 Å². The predicted molar refractivity (Wildman–Crippen MR) is 120 cm³/mol. The highest BCUT2D eigenvalue weighted by Crippen LogP contribution is 2.26. The van der Waals surface area contributed by atoms with E-state index in [1.165, 1.54) is 10.4 Å². The number of halogens is 3. The first-order valence-electron chi connectivity index (χ1n) is 9.24. The third-order valence-electron chi connectivity index (χ3n) is 4.96. The van der Waals surface area contributed by atoms with E-state index in [0.29, 0.717) is 29.7 Å². The third-order valence-corrected chi connectivity index (χ3v) is 8.45. The van der Waals surface area contributed by atoms with Crippen LogP contribution in [0.4, 0.5) is 10.1 Å². The predicted octanol–water partition coefficient (Wildman–Crippen LogP) is 5.15. The van der Waals surface area contributed by atoms with Gasteiger partial charge in [0, 0.05) is 27.9 Å². The van der Waals surface area contributed by atoms with Gasteiger partial charge in [-0.15, -0.1) is 0 Å². The van der Waals surface area contributed by atoms with Gasteiger partial charge in [0.15, 0.2) is 0 Å². The second-order valence-electron chi connectivity index (χ2n) is 7.17. The molecule has 1 saturated heterocycles. The largest absolute Gasteiger partial charge is 0.322 e. The van der Waals surface area contributed by atoms with Gasteiger partial charge < -0.3 is 5.32 Å². The molecule has 0 radical (unpaired) electrons. The van der Waals surface area contributed by atoms with E-state index in [-0.39, 0.29) is 5.56 Å². The maximum absolute atomic E-state index is 14.4. The Morgan fingerprint density at radius 2 is 1.97 bits per heavy atom. The molecule has 1 atom stereocenters. The summed E-state index contributed by atoms with van der Waals surface area (Å²) in [5, 5.41) is 3.15. The number of anilines is 1. The Morgan fingerprint density at radius 3 is 2.69 bits per heavy atom. The number of benzene rings is 2. The van der Waals surface area contributed by atoms with Crippen molar-refractivity contribution < 1.29 is 17.6 Å². The monoisotopic (exact) mass is 550 g/mol. The van der Waals surface area contributed by atoms with Crippen molar-refractivity contribution in [3.8, 4) is 0 Å². The average molecular weight is 551 g/mol. The van der Waals surface area contributed by atoms with Crippen molar-refractivity contribution in [2.24, 2.45) is 5.92 Å². The van der Waals surface area contributed by atoms with E-state index in [2.05, 4.69) is 34.8 Å². The lowest BCUT2D eigenvalue weighted by atomic mass is 10.0. The Morgan fingerprint density at radius 1 is 1.21 bits per heavy atom. The van der Waals surface area contributed by atoms with Gasteiger partial charge >= 0.3 is 0 Å². The summed E-state index contributed by atoms with van der Waals surface area (Å²) < 4.78 is 42.6. The van der Waals surface area contributed by atoms with Crippen molar-refractivity contribution in [2.45, 2.75) is 31.1 Å². The van der Waals surface area contributed by atoms with E-state index < -0.39 is 26.6 Å². The molecule has 2 aromatic rings. The van der Waals surface area contributed by atoms with Crippen LogP contribution in [0, 0.1) is 15.3 Å². The Hall–Kier alpha value is -1.23. The molecule has 1 aliphatic rings. The molecule has 0 aliphatic carbocycles. The molecule has 9 heteroatoms. The van der Waals surface area contributed by atoms with E-state index in [4.69, 9.17) is 11.6 Å². The minimum Gasteiger partial charge on any atom is -0.322 e. The van der Waals surface area contributed by atoms with Crippen LogP contribution in [0.3, 0.4) is 0 Å². The summed E-state index contributed by atoms with van der Waals surface area (Å²) in [6.45, 7) is 2.78. The first kappa shape index (κ1) is 22.5. The Kier molecular flexibility index (Phi) is 7.19. The molecule has 1 aliphatic heterocycles. The summed E-state index contributed by atoms with van der Waals surface area (Å²) in [6, 6.07) is 8.42. The second-order valence-corrected chi connectivity index (χ2v) is 10.6. The van der Waals surface area contributed by atoms with Crippen molar-refractivity contribution in [3.05, 3.63) is 56.4 Å². The van der Waals surface area contributed by atoms with Crippen LogP contribution in [0.2, 0.25) is 5.02 Å². The summed E-state index contributed by atoms with van der Waals surface area (Å²) >= 11 is 8.14. The minimum absolute atomic E-state index is 0.0582. The summed E-state index contributed by atoms with van der Waals surface area (Å²) in [7, 11) is -4.02. The maximum Gasteiger partial charge on any atom is 0.255 e. The Balaban J connectivity index is 1.86. The molecule has 0 aromatic heterocycles. The first-order chi connectivity index (χ1) is 13.7. The Bertz CT molecular complexity index is 1030. The average Bonchev–Trinajstić information content (AvgIpc) is 2.90. The normalized spacial score (nSPS) is 18.3. The topological polar surface area (TPSA) is 66.5 Å². The molecule has 1 heterocycles. The molecular weight excluding hydrogens is 530 g/mol. The van der Waals surface area contributed by atoms with Crippen LogP contribution in [-0.2, 0) is 10.0 Å². The maximum atomic E-state index is 14.4. The zero-order chi connectivity index (χ0) is 21.2. The fourth-order valence-corrected chi connectivity index (χ4v) is 5.34. The number of carbonyl (C=O) groups excluding carboxylic acids is 1. The van der Waals surface area contributed by atoms with Crippen molar-refractivity contribution in [3.63, 3.8) is 0 Å². The molecule has 2 aromatic carbocycles. The van der Waals surface area contributed by atoms with Crippen molar-refractivity contribution in [2.75, 3.05) is 18.4 Å². The van der Waals surface area contributed by atoms with E-state index in [0.717, 1.165) is 35.0 Å². The zero-order valence-electron chi connectivity index (χ0n) is 15.8. The van der Waals surface area contributed by atoms with Crippen LogP contribution in [-0.4, -0.2) is 31.7 Å². The number of nitrogens with zero attached hydrogens (tertiary/aromatic N) is 1. The SMILES string of the molecule is C[C@@H]1CCCN(S(=O)(=O)c2cc(C(=O)Nc3ccc(I)c(Cl)c3)ccc2F)CC1. The molecule has 0 bridgehead atoms. The number of nitrogens with one attached hydrogen (secondary N) is 1. The van der Waals surface area contributed by atoms with Gasteiger partial charge in [-0.1, -0.05) is 18.5 Å². The molecular formula is C20H21ClFIN2O3S. The lowest BCUT2D eigenvalue weighted by Crippen LogP contribution is -2.33. The van der Waals surface area contributed by atoms with Gasteiger partial charge in [0.1, 0.15) is 10.7 Å². The molecule has 0 saturated carbocycles. The smallest absolute Gasteiger partial charge is 0.255 e. The van der Waals surface area contributed by atoms with Crippen molar-refractivity contribution >= 4 is 55.8 Å². The lowest BCUT2D eigenvalue weighted by molar-refractivity contribution is 0.102. The molecule has 0 unspecified atom stereocenters. The molecule has 29 heavy (non-hydrogen) atoms.